The van der Waals surface area contributed by atoms with Gasteiger partial charge in [-0.25, -0.2) is 0 Å². The summed E-state index contributed by atoms with van der Waals surface area (Å²) in [7, 11) is 0. The molecule has 0 saturated carbocycles. The van der Waals surface area contributed by atoms with Crippen LogP contribution in [0, 0.1) is 0 Å². The van der Waals surface area contributed by atoms with E-state index >= 15 is 0 Å². The maximum atomic E-state index is 7.62. The van der Waals surface area contributed by atoms with Gasteiger partial charge in [0.15, 0.2) is 0 Å². The SMILES string of the molecule is C(NCC1CO1)C1CO1.OCCO. The summed E-state index contributed by atoms with van der Waals surface area (Å²) >= 11 is 0. The molecule has 0 spiro atoms. The lowest BCUT2D eigenvalue weighted by molar-refractivity contribution is 0.186. The molecule has 2 atom stereocenters. The van der Waals surface area contributed by atoms with Crippen molar-refractivity contribution in [3.8, 4) is 0 Å². The highest BCUT2D eigenvalue weighted by Gasteiger charge is 2.25. The number of nitrogens with one attached hydrogen (secondary N) is 1. The van der Waals surface area contributed by atoms with Crippen LogP contribution in [0.4, 0.5) is 0 Å². The third-order valence-electron chi connectivity index (χ3n) is 1.65. The third kappa shape index (κ3) is 6.92. The number of epoxide rings is 2. The predicted octanol–water partition coefficient (Wildman–Crippen LogP) is -1.66. The van der Waals surface area contributed by atoms with Gasteiger partial charge in [0.1, 0.15) is 0 Å². The molecule has 13 heavy (non-hydrogen) atoms. The van der Waals surface area contributed by atoms with Gasteiger partial charge in [-0.1, -0.05) is 0 Å². The Hall–Kier alpha value is -0.200. The van der Waals surface area contributed by atoms with Crippen molar-refractivity contribution in [2.45, 2.75) is 12.2 Å². The first-order chi connectivity index (χ1) is 6.36. The minimum Gasteiger partial charge on any atom is -0.394 e. The van der Waals surface area contributed by atoms with Crippen molar-refractivity contribution in [3.63, 3.8) is 0 Å². The molecule has 2 unspecified atom stereocenters. The highest BCUT2D eigenvalue weighted by atomic mass is 16.6. The second kappa shape index (κ2) is 6.28. The van der Waals surface area contributed by atoms with Crippen LogP contribution in [0.15, 0.2) is 0 Å². The maximum Gasteiger partial charge on any atom is 0.0933 e. The van der Waals surface area contributed by atoms with Gasteiger partial charge in [-0.05, 0) is 0 Å². The van der Waals surface area contributed by atoms with Crippen LogP contribution in [-0.4, -0.2) is 61.9 Å². The maximum absolute atomic E-state index is 7.62. The van der Waals surface area contributed by atoms with E-state index < -0.39 is 0 Å². The topological polar surface area (TPSA) is 77.5 Å². The van der Waals surface area contributed by atoms with Gasteiger partial charge < -0.3 is 25.0 Å². The summed E-state index contributed by atoms with van der Waals surface area (Å²) < 4.78 is 10.0. The number of aliphatic hydroxyl groups is 2. The molecule has 0 bridgehead atoms. The highest BCUT2D eigenvalue weighted by Crippen LogP contribution is 2.09. The Labute approximate surface area is 77.7 Å². The Morgan fingerprint density at radius 2 is 1.38 bits per heavy atom. The minimum atomic E-state index is -0.125. The molecule has 2 aliphatic rings. The van der Waals surface area contributed by atoms with E-state index in [9.17, 15) is 0 Å². The van der Waals surface area contributed by atoms with Crippen LogP contribution < -0.4 is 5.32 Å². The zero-order chi connectivity index (χ0) is 9.52. The molecule has 5 heteroatoms. The summed E-state index contributed by atoms with van der Waals surface area (Å²) in [4.78, 5) is 0. The van der Waals surface area contributed by atoms with Gasteiger partial charge in [0.05, 0.1) is 38.6 Å². The Morgan fingerprint density at radius 3 is 1.62 bits per heavy atom. The molecule has 2 heterocycles. The number of ether oxygens (including phenoxy) is 2. The molecule has 2 aliphatic heterocycles. The van der Waals surface area contributed by atoms with E-state index in [2.05, 4.69) is 5.32 Å². The standard InChI is InChI=1S/C6H11NO2.C2H6O2/c1(5-3-8-5)7-2-6-4-9-6;3-1-2-4/h5-7H,1-4H2;3-4H,1-2H2. The van der Waals surface area contributed by atoms with Crippen LogP contribution in [-0.2, 0) is 9.47 Å². The molecule has 5 nitrogen and oxygen atoms in total. The van der Waals surface area contributed by atoms with Crippen LogP contribution in [0.25, 0.3) is 0 Å². The summed E-state index contributed by atoms with van der Waals surface area (Å²) in [6.07, 6.45) is 1.01. The Balaban J connectivity index is 0.000000184. The first kappa shape index (κ1) is 10.9. The zero-order valence-electron chi connectivity index (χ0n) is 7.61. The summed E-state index contributed by atoms with van der Waals surface area (Å²) in [5, 5.41) is 18.5. The molecule has 2 fully saturated rings. The summed E-state index contributed by atoms with van der Waals surface area (Å²) in [5.74, 6) is 0. The van der Waals surface area contributed by atoms with Crippen LogP contribution in [0.3, 0.4) is 0 Å². The smallest absolute Gasteiger partial charge is 0.0933 e. The van der Waals surface area contributed by atoms with Crippen molar-refractivity contribution in [3.05, 3.63) is 0 Å². The molecule has 0 aliphatic carbocycles. The lowest BCUT2D eigenvalue weighted by Gasteiger charge is -1.95. The molecule has 0 aromatic heterocycles. The molecule has 0 radical (unpaired) electrons. The lowest BCUT2D eigenvalue weighted by atomic mass is 10.4. The van der Waals surface area contributed by atoms with E-state index in [-0.39, 0.29) is 13.2 Å². The summed E-state index contributed by atoms with van der Waals surface area (Å²) in [6, 6.07) is 0. The Morgan fingerprint density at radius 1 is 1.00 bits per heavy atom. The number of hydrogen-bond acceptors (Lipinski definition) is 5. The molecule has 3 N–H and O–H groups in total. The van der Waals surface area contributed by atoms with Gasteiger partial charge in [0.25, 0.3) is 0 Å². The molecule has 0 aromatic rings. The van der Waals surface area contributed by atoms with Crippen molar-refractivity contribution >= 4 is 0 Å². The molecule has 2 saturated heterocycles. The number of hydrogen-bond donors (Lipinski definition) is 3. The van der Waals surface area contributed by atoms with Gasteiger partial charge in [-0.2, -0.15) is 0 Å². The molecule has 2 rings (SSSR count). The quantitative estimate of drug-likeness (QED) is 0.454. The van der Waals surface area contributed by atoms with E-state index in [4.69, 9.17) is 19.7 Å². The highest BCUT2D eigenvalue weighted by molar-refractivity contribution is 4.76. The molecule has 0 amide bonds. The van der Waals surface area contributed by atoms with Crippen LogP contribution in [0.1, 0.15) is 0 Å². The monoisotopic (exact) mass is 191 g/mol. The normalized spacial score (nSPS) is 29.1. The van der Waals surface area contributed by atoms with Crippen molar-refractivity contribution < 1.29 is 19.7 Å². The van der Waals surface area contributed by atoms with Gasteiger partial charge in [-0.3, -0.25) is 0 Å². The van der Waals surface area contributed by atoms with E-state index in [0.29, 0.717) is 12.2 Å². The third-order valence-corrected chi connectivity index (χ3v) is 1.65. The molecular formula is C8H17NO4. The van der Waals surface area contributed by atoms with E-state index in [1.54, 1.807) is 0 Å². The van der Waals surface area contributed by atoms with E-state index in [1.807, 2.05) is 0 Å². The first-order valence-corrected chi connectivity index (χ1v) is 4.52. The number of aliphatic hydroxyl groups excluding tert-OH is 2. The molecular weight excluding hydrogens is 174 g/mol. The fourth-order valence-corrected chi connectivity index (χ4v) is 0.777. The van der Waals surface area contributed by atoms with Crippen LogP contribution in [0.2, 0.25) is 0 Å². The van der Waals surface area contributed by atoms with Crippen molar-refractivity contribution in [2.24, 2.45) is 0 Å². The van der Waals surface area contributed by atoms with Crippen LogP contribution >= 0.6 is 0 Å². The van der Waals surface area contributed by atoms with Gasteiger partial charge in [0.2, 0.25) is 0 Å². The van der Waals surface area contributed by atoms with Gasteiger partial charge in [-0.15, -0.1) is 0 Å². The molecule has 78 valence electrons. The van der Waals surface area contributed by atoms with Crippen molar-refractivity contribution in [2.75, 3.05) is 39.5 Å². The van der Waals surface area contributed by atoms with Crippen LogP contribution in [0.5, 0.6) is 0 Å². The molecule has 0 aromatic carbocycles. The Bertz CT molecular complexity index is 111. The van der Waals surface area contributed by atoms with E-state index in [1.165, 1.54) is 0 Å². The second-order valence-corrected chi connectivity index (χ2v) is 3.02. The fraction of sp³-hybridized carbons (Fsp3) is 1.00. The lowest BCUT2D eigenvalue weighted by Crippen LogP contribution is -2.24. The first-order valence-electron chi connectivity index (χ1n) is 4.52. The largest absolute Gasteiger partial charge is 0.394 e. The average Bonchev–Trinajstić information content (AvgIpc) is 2.98. The zero-order valence-corrected chi connectivity index (χ0v) is 7.61. The Kier molecular flexibility index (Phi) is 5.26. The van der Waals surface area contributed by atoms with Gasteiger partial charge in [0, 0.05) is 13.1 Å². The van der Waals surface area contributed by atoms with Gasteiger partial charge >= 0.3 is 0 Å². The second-order valence-electron chi connectivity index (χ2n) is 3.02. The summed E-state index contributed by atoms with van der Waals surface area (Å²) in [6.45, 7) is 3.64. The number of rotatable bonds is 5. The minimum absolute atomic E-state index is 0.125. The van der Waals surface area contributed by atoms with Crippen molar-refractivity contribution in [1.29, 1.82) is 0 Å². The van der Waals surface area contributed by atoms with E-state index in [0.717, 1.165) is 26.3 Å². The fourth-order valence-electron chi connectivity index (χ4n) is 0.777. The average molecular weight is 191 g/mol. The van der Waals surface area contributed by atoms with Crippen molar-refractivity contribution in [1.82, 2.24) is 5.32 Å². The summed E-state index contributed by atoms with van der Waals surface area (Å²) in [5.41, 5.74) is 0. The predicted molar refractivity (Wildman–Crippen MR) is 46.5 cm³/mol.